The molecule has 0 saturated heterocycles. The van der Waals surface area contributed by atoms with Crippen LogP contribution in [0.5, 0.6) is 0 Å². The Morgan fingerprint density at radius 1 is 1.00 bits per heavy atom. The third-order valence-corrected chi connectivity index (χ3v) is 4.42. The SMILES string of the molecule is CCCNCCc1ccccc1CN(C)Cc1cccs1. The molecule has 0 unspecified atom stereocenters. The van der Waals surface area contributed by atoms with Crippen molar-refractivity contribution in [3.8, 4) is 0 Å². The number of nitrogens with zero attached hydrogens (tertiary/aromatic N) is 1. The van der Waals surface area contributed by atoms with Crippen molar-refractivity contribution >= 4 is 11.3 Å². The van der Waals surface area contributed by atoms with Gasteiger partial charge in [0.25, 0.3) is 0 Å². The molecule has 0 aliphatic carbocycles. The molecule has 1 heterocycles. The van der Waals surface area contributed by atoms with E-state index < -0.39 is 0 Å². The second-order valence-electron chi connectivity index (χ2n) is 5.52. The Labute approximate surface area is 132 Å². The van der Waals surface area contributed by atoms with E-state index in [1.54, 1.807) is 0 Å². The quantitative estimate of drug-likeness (QED) is 0.706. The summed E-state index contributed by atoms with van der Waals surface area (Å²) >= 11 is 1.83. The zero-order valence-corrected chi connectivity index (χ0v) is 14.0. The van der Waals surface area contributed by atoms with E-state index in [2.05, 4.69) is 66.0 Å². The van der Waals surface area contributed by atoms with Gasteiger partial charge in [0.15, 0.2) is 0 Å². The molecule has 0 bridgehead atoms. The molecule has 114 valence electrons. The topological polar surface area (TPSA) is 15.3 Å². The average molecular weight is 302 g/mol. The van der Waals surface area contributed by atoms with Gasteiger partial charge in [-0.1, -0.05) is 37.3 Å². The van der Waals surface area contributed by atoms with E-state index in [0.29, 0.717) is 0 Å². The maximum atomic E-state index is 3.49. The summed E-state index contributed by atoms with van der Waals surface area (Å²) in [7, 11) is 2.20. The predicted octanol–water partition coefficient (Wildman–Crippen LogP) is 3.92. The van der Waals surface area contributed by atoms with Crippen LogP contribution in [0.3, 0.4) is 0 Å². The van der Waals surface area contributed by atoms with E-state index >= 15 is 0 Å². The Morgan fingerprint density at radius 2 is 1.81 bits per heavy atom. The highest BCUT2D eigenvalue weighted by Crippen LogP contribution is 2.15. The number of nitrogens with one attached hydrogen (secondary N) is 1. The molecule has 2 rings (SSSR count). The van der Waals surface area contributed by atoms with Crippen molar-refractivity contribution in [1.29, 1.82) is 0 Å². The molecule has 1 aromatic heterocycles. The molecule has 3 heteroatoms. The summed E-state index contributed by atoms with van der Waals surface area (Å²) < 4.78 is 0. The molecular weight excluding hydrogens is 276 g/mol. The van der Waals surface area contributed by atoms with Gasteiger partial charge in [0.05, 0.1) is 0 Å². The highest BCUT2D eigenvalue weighted by atomic mass is 32.1. The first kappa shape index (κ1) is 16.2. The van der Waals surface area contributed by atoms with Crippen molar-refractivity contribution in [2.24, 2.45) is 0 Å². The van der Waals surface area contributed by atoms with Gasteiger partial charge in [-0.25, -0.2) is 0 Å². The van der Waals surface area contributed by atoms with Crippen LogP contribution in [-0.4, -0.2) is 25.0 Å². The van der Waals surface area contributed by atoms with Gasteiger partial charge >= 0.3 is 0 Å². The fraction of sp³-hybridized carbons (Fsp3) is 0.444. The van der Waals surface area contributed by atoms with Gasteiger partial charge in [-0.2, -0.15) is 0 Å². The number of hydrogen-bond acceptors (Lipinski definition) is 3. The van der Waals surface area contributed by atoms with Crippen molar-refractivity contribution in [3.63, 3.8) is 0 Å². The molecule has 0 spiro atoms. The largest absolute Gasteiger partial charge is 0.316 e. The lowest BCUT2D eigenvalue weighted by atomic mass is 10.0. The smallest absolute Gasteiger partial charge is 0.0328 e. The van der Waals surface area contributed by atoms with Crippen LogP contribution < -0.4 is 5.32 Å². The minimum Gasteiger partial charge on any atom is -0.316 e. The van der Waals surface area contributed by atoms with Gasteiger partial charge in [0, 0.05) is 18.0 Å². The standard InChI is InChI=1S/C18H26N2S/c1-3-11-19-12-10-16-7-4-5-8-17(16)14-20(2)15-18-9-6-13-21-18/h4-9,13,19H,3,10-12,14-15H2,1-2H3. The third-order valence-electron chi connectivity index (χ3n) is 3.56. The van der Waals surface area contributed by atoms with Crippen molar-refractivity contribution in [3.05, 3.63) is 57.8 Å². The van der Waals surface area contributed by atoms with E-state index in [-0.39, 0.29) is 0 Å². The fourth-order valence-electron chi connectivity index (χ4n) is 2.50. The summed E-state index contributed by atoms with van der Waals surface area (Å²) in [6.07, 6.45) is 2.31. The van der Waals surface area contributed by atoms with E-state index in [4.69, 9.17) is 0 Å². The lowest BCUT2D eigenvalue weighted by Gasteiger charge is -2.18. The van der Waals surface area contributed by atoms with E-state index in [1.165, 1.54) is 22.4 Å². The number of hydrogen-bond donors (Lipinski definition) is 1. The Hall–Kier alpha value is -1.16. The van der Waals surface area contributed by atoms with Crippen molar-refractivity contribution < 1.29 is 0 Å². The zero-order valence-electron chi connectivity index (χ0n) is 13.1. The molecule has 1 aromatic carbocycles. The lowest BCUT2D eigenvalue weighted by molar-refractivity contribution is 0.321. The second-order valence-corrected chi connectivity index (χ2v) is 6.55. The Morgan fingerprint density at radius 3 is 2.52 bits per heavy atom. The average Bonchev–Trinajstić information content (AvgIpc) is 2.98. The van der Waals surface area contributed by atoms with Crippen LogP contribution in [0.25, 0.3) is 0 Å². The molecular formula is C18H26N2S. The molecule has 2 aromatic rings. The van der Waals surface area contributed by atoms with Crippen molar-refractivity contribution in [1.82, 2.24) is 10.2 Å². The number of benzene rings is 1. The molecule has 0 aliphatic rings. The number of thiophene rings is 1. The summed E-state index contributed by atoms with van der Waals surface area (Å²) in [4.78, 5) is 3.82. The summed E-state index contributed by atoms with van der Waals surface area (Å²) in [5, 5.41) is 5.64. The first-order chi connectivity index (χ1) is 10.3. The van der Waals surface area contributed by atoms with Crippen molar-refractivity contribution in [2.75, 3.05) is 20.1 Å². The summed E-state index contributed by atoms with van der Waals surface area (Å²) in [5.41, 5.74) is 2.92. The van der Waals surface area contributed by atoms with Crippen LogP contribution >= 0.6 is 11.3 Å². The zero-order chi connectivity index (χ0) is 14.9. The van der Waals surface area contributed by atoms with Crippen LogP contribution in [0.1, 0.15) is 29.3 Å². The molecule has 0 radical (unpaired) electrons. The Balaban J connectivity index is 1.89. The highest BCUT2D eigenvalue weighted by Gasteiger charge is 2.06. The predicted molar refractivity (Wildman–Crippen MR) is 92.8 cm³/mol. The maximum absolute atomic E-state index is 3.49. The molecule has 2 nitrogen and oxygen atoms in total. The van der Waals surface area contributed by atoms with Gasteiger partial charge in [-0.15, -0.1) is 11.3 Å². The van der Waals surface area contributed by atoms with Gasteiger partial charge in [-0.3, -0.25) is 4.90 Å². The van der Waals surface area contributed by atoms with E-state index in [9.17, 15) is 0 Å². The fourth-order valence-corrected chi connectivity index (χ4v) is 3.28. The summed E-state index contributed by atoms with van der Waals surface area (Å²) in [5.74, 6) is 0. The molecule has 0 aliphatic heterocycles. The van der Waals surface area contributed by atoms with Crippen molar-refractivity contribution in [2.45, 2.75) is 32.9 Å². The van der Waals surface area contributed by atoms with E-state index in [0.717, 1.165) is 32.6 Å². The Bertz CT molecular complexity index is 508. The van der Waals surface area contributed by atoms with Gasteiger partial charge in [-0.05, 0) is 55.6 Å². The second kappa shape index (κ2) is 8.98. The van der Waals surface area contributed by atoms with Gasteiger partial charge < -0.3 is 5.32 Å². The minimum atomic E-state index is 1.02. The highest BCUT2D eigenvalue weighted by molar-refractivity contribution is 7.09. The lowest BCUT2D eigenvalue weighted by Crippen LogP contribution is -2.20. The molecule has 21 heavy (non-hydrogen) atoms. The molecule has 1 N–H and O–H groups in total. The van der Waals surface area contributed by atoms with Crippen LogP contribution in [0.4, 0.5) is 0 Å². The summed E-state index contributed by atoms with van der Waals surface area (Å²) in [6.45, 7) is 6.43. The first-order valence-corrected chi connectivity index (χ1v) is 8.66. The van der Waals surface area contributed by atoms with E-state index in [1.807, 2.05) is 11.3 Å². The molecule has 0 fully saturated rings. The third kappa shape index (κ3) is 5.62. The molecule has 0 amide bonds. The van der Waals surface area contributed by atoms with Crippen LogP contribution in [-0.2, 0) is 19.5 Å². The minimum absolute atomic E-state index is 1.02. The molecule has 0 atom stereocenters. The first-order valence-electron chi connectivity index (χ1n) is 7.78. The van der Waals surface area contributed by atoms with Crippen LogP contribution in [0.15, 0.2) is 41.8 Å². The van der Waals surface area contributed by atoms with Gasteiger partial charge in [0.1, 0.15) is 0 Å². The number of rotatable bonds is 9. The summed E-state index contributed by atoms with van der Waals surface area (Å²) in [6, 6.07) is 13.2. The molecule has 0 saturated carbocycles. The normalized spacial score (nSPS) is 11.2. The van der Waals surface area contributed by atoms with Gasteiger partial charge in [0.2, 0.25) is 0 Å². The maximum Gasteiger partial charge on any atom is 0.0328 e. The monoisotopic (exact) mass is 302 g/mol. The van der Waals surface area contributed by atoms with Crippen LogP contribution in [0, 0.1) is 0 Å². The Kier molecular flexibility index (Phi) is 6.93. The van der Waals surface area contributed by atoms with Crippen LogP contribution in [0.2, 0.25) is 0 Å².